The van der Waals surface area contributed by atoms with Crippen LogP contribution in [0.3, 0.4) is 0 Å². The predicted molar refractivity (Wildman–Crippen MR) is 63.2 cm³/mol. The highest BCUT2D eigenvalue weighted by atomic mass is 16.5. The average Bonchev–Trinajstić information content (AvgIpc) is 2.78. The average molecular weight is 241 g/mol. The second-order valence-corrected chi connectivity index (χ2v) is 3.88. The molecule has 0 radical (unpaired) electrons. The number of unbranched alkanes of at least 4 members (excludes halogenated alkanes) is 1. The zero-order valence-corrected chi connectivity index (χ0v) is 10.2. The van der Waals surface area contributed by atoms with Crippen molar-refractivity contribution >= 4 is 5.97 Å². The minimum atomic E-state index is -1.04. The molecule has 1 atom stereocenters. The van der Waals surface area contributed by atoms with Crippen molar-refractivity contribution < 1.29 is 19.1 Å². The highest BCUT2D eigenvalue weighted by Gasteiger charge is 2.13. The number of hydrogen-bond acceptors (Lipinski definition) is 4. The Labute approximate surface area is 101 Å². The van der Waals surface area contributed by atoms with Crippen LogP contribution in [0.1, 0.15) is 42.1 Å². The minimum Gasteiger partial charge on any atom is -0.475 e. The molecule has 0 amide bonds. The van der Waals surface area contributed by atoms with Gasteiger partial charge in [-0.1, -0.05) is 0 Å². The number of nitrogens with one attached hydrogen (secondary N) is 1. The van der Waals surface area contributed by atoms with Crippen LogP contribution in [0.25, 0.3) is 0 Å². The molecule has 1 rings (SSSR count). The number of rotatable bonds is 8. The minimum absolute atomic E-state index is 0.0191. The van der Waals surface area contributed by atoms with Crippen LogP contribution < -0.4 is 5.32 Å². The molecule has 1 aromatic heterocycles. The third-order valence-corrected chi connectivity index (χ3v) is 2.49. The summed E-state index contributed by atoms with van der Waals surface area (Å²) in [6, 6.07) is 3.18. The standard InChI is InChI=1S/C12H19NO4/c1-9(13-7-3-4-8-16-2)10-5-6-11(17-10)12(14)15/h5-6,9,13H,3-4,7-8H2,1-2H3,(H,14,15). The van der Waals surface area contributed by atoms with Crippen LogP contribution in [0.2, 0.25) is 0 Å². The Balaban J connectivity index is 2.31. The van der Waals surface area contributed by atoms with Gasteiger partial charge < -0.3 is 19.6 Å². The number of carbonyl (C=O) groups is 1. The first-order chi connectivity index (χ1) is 8.15. The van der Waals surface area contributed by atoms with Crippen LogP contribution in [0.5, 0.6) is 0 Å². The molecule has 1 heterocycles. The van der Waals surface area contributed by atoms with Gasteiger partial charge in [0.2, 0.25) is 5.76 Å². The predicted octanol–water partition coefficient (Wildman–Crippen LogP) is 2.06. The Morgan fingerprint density at radius 3 is 2.88 bits per heavy atom. The third kappa shape index (κ3) is 4.58. The summed E-state index contributed by atoms with van der Waals surface area (Å²) in [5.41, 5.74) is 0. The lowest BCUT2D eigenvalue weighted by atomic mass is 10.2. The molecule has 0 bridgehead atoms. The number of hydrogen-bond donors (Lipinski definition) is 2. The molecule has 5 heteroatoms. The fraction of sp³-hybridized carbons (Fsp3) is 0.583. The number of ether oxygens (including phenoxy) is 1. The zero-order valence-electron chi connectivity index (χ0n) is 10.2. The summed E-state index contributed by atoms with van der Waals surface area (Å²) in [5, 5.41) is 12.0. The number of methoxy groups -OCH3 is 1. The molecule has 0 aliphatic rings. The van der Waals surface area contributed by atoms with Gasteiger partial charge in [0.1, 0.15) is 5.76 Å². The van der Waals surface area contributed by atoms with Crippen molar-refractivity contribution in [1.29, 1.82) is 0 Å². The molecule has 17 heavy (non-hydrogen) atoms. The molecule has 0 aliphatic heterocycles. The van der Waals surface area contributed by atoms with E-state index in [2.05, 4.69) is 5.32 Å². The van der Waals surface area contributed by atoms with Crippen molar-refractivity contribution in [2.45, 2.75) is 25.8 Å². The Bertz CT molecular complexity index is 348. The largest absolute Gasteiger partial charge is 0.475 e. The van der Waals surface area contributed by atoms with Crippen molar-refractivity contribution in [2.75, 3.05) is 20.3 Å². The van der Waals surface area contributed by atoms with Crippen molar-refractivity contribution in [2.24, 2.45) is 0 Å². The summed E-state index contributed by atoms with van der Waals surface area (Å²) in [6.45, 7) is 3.56. The summed E-state index contributed by atoms with van der Waals surface area (Å²) in [7, 11) is 1.69. The monoisotopic (exact) mass is 241 g/mol. The maximum Gasteiger partial charge on any atom is 0.371 e. The molecule has 2 N–H and O–H groups in total. The molecule has 1 aromatic rings. The second kappa shape index (κ2) is 7.09. The van der Waals surface area contributed by atoms with E-state index in [0.717, 1.165) is 26.0 Å². The van der Waals surface area contributed by atoms with E-state index in [-0.39, 0.29) is 11.8 Å². The highest BCUT2D eigenvalue weighted by molar-refractivity contribution is 5.84. The molecule has 0 fully saturated rings. The van der Waals surface area contributed by atoms with Crippen LogP contribution in [0.15, 0.2) is 16.5 Å². The quantitative estimate of drug-likeness (QED) is 0.681. The third-order valence-electron chi connectivity index (χ3n) is 2.49. The summed E-state index contributed by atoms with van der Waals surface area (Å²) in [4.78, 5) is 10.6. The van der Waals surface area contributed by atoms with Crippen LogP contribution in [-0.4, -0.2) is 31.3 Å². The molecule has 96 valence electrons. The van der Waals surface area contributed by atoms with E-state index in [1.807, 2.05) is 6.92 Å². The fourth-order valence-electron chi connectivity index (χ4n) is 1.49. The Morgan fingerprint density at radius 1 is 1.53 bits per heavy atom. The summed E-state index contributed by atoms with van der Waals surface area (Å²) < 4.78 is 10.1. The zero-order chi connectivity index (χ0) is 12.7. The maximum absolute atomic E-state index is 10.6. The van der Waals surface area contributed by atoms with Gasteiger partial charge in [0.25, 0.3) is 0 Å². The lowest BCUT2D eigenvalue weighted by Gasteiger charge is -2.10. The summed E-state index contributed by atoms with van der Waals surface area (Å²) in [6.07, 6.45) is 2.03. The molecule has 0 saturated carbocycles. The van der Waals surface area contributed by atoms with Gasteiger partial charge in [0.15, 0.2) is 0 Å². The molecule has 5 nitrogen and oxygen atoms in total. The molecule has 0 spiro atoms. The molecule has 0 aromatic carbocycles. The van der Waals surface area contributed by atoms with E-state index in [9.17, 15) is 4.79 Å². The molecular formula is C12H19NO4. The van der Waals surface area contributed by atoms with Crippen LogP contribution in [0.4, 0.5) is 0 Å². The molecule has 0 aliphatic carbocycles. The maximum atomic E-state index is 10.6. The van der Waals surface area contributed by atoms with Crippen molar-refractivity contribution in [1.82, 2.24) is 5.32 Å². The van der Waals surface area contributed by atoms with Gasteiger partial charge in [0, 0.05) is 13.7 Å². The van der Waals surface area contributed by atoms with Crippen LogP contribution >= 0.6 is 0 Å². The molecule has 0 saturated heterocycles. The topological polar surface area (TPSA) is 71.7 Å². The lowest BCUT2D eigenvalue weighted by Crippen LogP contribution is -2.19. The van der Waals surface area contributed by atoms with E-state index in [1.165, 1.54) is 6.07 Å². The van der Waals surface area contributed by atoms with E-state index < -0.39 is 5.97 Å². The van der Waals surface area contributed by atoms with Crippen molar-refractivity contribution in [3.63, 3.8) is 0 Å². The number of furan rings is 1. The van der Waals surface area contributed by atoms with Gasteiger partial charge in [-0.2, -0.15) is 0 Å². The van der Waals surface area contributed by atoms with Crippen molar-refractivity contribution in [3.8, 4) is 0 Å². The highest BCUT2D eigenvalue weighted by Crippen LogP contribution is 2.16. The first kappa shape index (κ1) is 13.7. The second-order valence-electron chi connectivity index (χ2n) is 3.88. The van der Waals surface area contributed by atoms with Gasteiger partial charge >= 0.3 is 5.97 Å². The van der Waals surface area contributed by atoms with Crippen LogP contribution in [0, 0.1) is 0 Å². The Morgan fingerprint density at radius 2 is 2.29 bits per heavy atom. The number of carboxylic acid groups (broad SMARTS) is 1. The van der Waals surface area contributed by atoms with Gasteiger partial charge in [-0.05, 0) is 38.4 Å². The molecule has 1 unspecified atom stereocenters. The smallest absolute Gasteiger partial charge is 0.371 e. The normalized spacial score (nSPS) is 12.6. The number of carboxylic acids is 1. The fourth-order valence-corrected chi connectivity index (χ4v) is 1.49. The Hall–Kier alpha value is -1.33. The van der Waals surface area contributed by atoms with E-state index in [0.29, 0.717) is 5.76 Å². The van der Waals surface area contributed by atoms with Crippen LogP contribution in [-0.2, 0) is 4.74 Å². The first-order valence-electron chi connectivity index (χ1n) is 5.70. The summed E-state index contributed by atoms with van der Waals surface area (Å²) >= 11 is 0. The summed E-state index contributed by atoms with van der Waals surface area (Å²) in [5.74, 6) is -0.411. The van der Waals surface area contributed by atoms with E-state index >= 15 is 0 Å². The van der Waals surface area contributed by atoms with Gasteiger partial charge in [-0.3, -0.25) is 0 Å². The first-order valence-corrected chi connectivity index (χ1v) is 5.70. The van der Waals surface area contributed by atoms with Crippen molar-refractivity contribution in [3.05, 3.63) is 23.7 Å². The lowest BCUT2D eigenvalue weighted by molar-refractivity contribution is 0.0659. The van der Waals surface area contributed by atoms with E-state index in [4.69, 9.17) is 14.3 Å². The van der Waals surface area contributed by atoms with Gasteiger partial charge in [-0.15, -0.1) is 0 Å². The Kier molecular flexibility index (Phi) is 5.72. The van der Waals surface area contributed by atoms with Gasteiger partial charge in [-0.25, -0.2) is 4.79 Å². The SMILES string of the molecule is COCCCCNC(C)c1ccc(C(=O)O)o1. The molecular weight excluding hydrogens is 222 g/mol. The van der Waals surface area contributed by atoms with Gasteiger partial charge in [0.05, 0.1) is 6.04 Å². The van der Waals surface area contributed by atoms with E-state index in [1.54, 1.807) is 13.2 Å². The number of aromatic carboxylic acids is 1.